The minimum absolute atomic E-state index is 0.182. The molecule has 1 aliphatic rings. The second-order valence-corrected chi connectivity index (χ2v) is 14.1. The normalized spacial score (nSPS) is 14.2. The van der Waals surface area contributed by atoms with Gasteiger partial charge in [0.15, 0.2) is 16.3 Å². The Morgan fingerprint density at radius 2 is 1.78 bits per heavy atom. The molecule has 1 atom stereocenters. The average molecular weight is 796 g/mol. The zero-order valence-corrected chi connectivity index (χ0v) is 30.9. The minimum Gasteiger partial charge on any atom is -0.493 e. The second-order valence-electron chi connectivity index (χ2n) is 11.9. The molecule has 1 aliphatic heterocycles. The van der Waals surface area contributed by atoms with Crippen LogP contribution in [0.2, 0.25) is 0 Å². The second kappa shape index (κ2) is 15.3. The van der Waals surface area contributed by atoms with Gasteiger partial charge in [0.1, 0.15) is 6.61 Å². The Morgan fingerprint density at radius 3 is 2.42 bits per heavy atom. The number of methoxy groups -OCH3 is 1. The van der Waals surface area contributed by atoms with Gasteiger partial charge in [0.25, 0.3) is 5.56 Å². The number of nitrogens with zero attached hydrogens (tertiary/aromatic N) is 3. The molecule has 8 nitrogen and oxygen atoms in total. The van der Waals surface area contributed by atoms with E-state index in [0.717, 1.165) is 31.4 Å². The number of carbonyl (C=O) groups excluding carboxylic acids is 1. The van der Waals surface area contributed by atoms with Crippen molar-refractivity contribution in [1.82, 2.24) is 4.57 Å². The summed E-state index contributed by atoms with van der Waals surface area (Å²) in [5, 5.41) is 9.09. The van der Waals surface area contributed by atoms with Crippen LogP contribution in [-0.2, 0) is 16.1 Å². The maximum Gasteiger partial charge on any atom is 0.338 e. The highest BCUT2D eigenvalue weighted by molar-refractivity contribution is 14.1. The SMILES string of the molecule is CCOC(=O)C1=C(c2ccccc2)N=c2s/c(=C\c3cc(I)c(OCc4ccc(C#N)cc4)c(OC)c3)c(=O)n2[C@H]1c1ccc(C(C)C)cc1. The number of ether oxygens (including phenoxy) is 3. The van der Waals surface area contributed by atoms with Gasteiger partial charge in [0, 0.05) is 5.56 Å². The summed E-state index contributed by atoms with van der Waals surface area (Å²) in [6.45, 7) is 6.49. The van der Waals surface area contributed by atoms with E-state index in [2.05, 4.69) is 42.5 Å². The molecule has 0 amide bonds. The summed E-state index contributed by atoms with van der Waals surface area (Å²) in [6.07, 6.45) is 1.81. The third kappa shape index (κ3) is 7.15. The maximum absolute atomic E-state index is 14.4. The molecule has 10 heteroatoms. The Kier molecular flexibility index (Phi) is 10.6. The van der Waals surface area contributed by atoms with Gasteiger partial charge in [0.2, 0.25) is 0 Å². The smallest absolute Gasteiger partial charge is 0.338 e. The van der Waals surface area contributed by atoms with Crippen LogP contribution in [0.15, 0.2) is 106 Å². The predicted molar refractivity (Wildman–Crippen MR) is 203 cm³/mol. The summed E-state index contributed by atoms with van der Waals surface area (Å²) in [5.41, 5.74) is 5.46. The molecule has 6 rings (SSSR count). The van der Waals surface area contributed by atoms with Crippen molar-refractivity contribution in [2.45, 2.75) is 39.3 Å². The van der Waals surface area contributed by atoms with Gasteiger partial charge in [0.05, 0.1) is 50.8 Å². The molecule has 0 fully saturated rings. The third-order valence-electron chi connectivity index (χ3n) is 8.31. The van der Waals surface area contributed by atoms with E-state index in [0.29, 0.717) is 50.2 Å². The number of aromatic nitrogens is 1. The number of thiazole rings is 1. The quantitative estimate of drug-likeness (QED) is 0.110. The van der Waals surface area contributed by atoms with Gasteiger partial charge in [-0.2, -0.15) is 5.26 Å². The molecule has 0 unspecified atom stereocenters. The summed E-state index contributed by atoms with van der Waals surface area (Å²) in [4.78, 5) is 33.6. The zero-order valence-electron chi connectivity index (χ0n) is 28.0. The lowest BCUT2D eigenvalue weighted by atomic mass is 9.91. The van der Waals surface area contributed by atoms with Gasteiger partial charge in [-0.15, -0.1) is 0 Å². The van der Waals surface area contributed by atoms with Crippen molar-refractivity contribution in [3.8, 4) is 17.6 Å². The van der Waals surface area contributed by atoms with E-state index in [1.807, 2.05) is 84.9 Å². The standard InChI is InChI=1S/C40H34IN3O5S/c1-5-48-39(46)34-35(29-9-7-6-8-10-29)43-40-44(36(34)30-17-15-28(16-18-30)24(2)3)38(45)33(50-40)21-27-19-31(41)37(32(20-27)47-4)49-23-26-13-11-25(22-42)12-14-26/h6-21,24,36H,5,23H2,1-4H3/b33-21-/t36-/m0/s1. The number of benzene rings is 4. The average Bonchev–Trinajstić information content (AvgIpc) is 3.44. The first kappa shape index (κ1) is 34.9. The van der Waals surface area contributed by atoms with E-state index in [9.17, 15) is 9.59 Å². The molecule has 1 aromatic heterocycles. The van der Waals surface area contributed by atoms with Crippen molar-refractivity contribution in [2.24, 2.45) is 4.99 Å². The fourth-order valence-corrected chi connectivity index (χ4v) is 7.55. The number of carbonyl (C=O) groups is 1. The molecule has 0 N–H and O–H groups in total. The molecule has 0 spiro atoms. The van der Waals surface area contributed by atoms with Crippen LogP contribution in [0.5, 0.6) is 11.5 Å². The van der Waals surface area contributed by atoms with Crippen molar-refractivity contribution in [2.75, 3.05) is 13.7 Å². The predicted octanol–water partition coefficient (Wildman–Crippen LogP) is 7.12. The van der Waals surface area contributed by atoms with Crippen LogP contribution in [0.25, 0.3) is 11.8 Å². The molecule has 0 aliphatic carbocycles. The van der Waals surface area contributed by atoms with Gasteiger partial charge in [-0.05, 0) is 88.0 Å². The number of rotatable bonds is 10. The molecule has 5 aromatic rings. The van der Waals surface area contributed by atoms with Crippen LogP contribution < -0.4 is 24.4 Å². The molecule has 2 heterocycles. The summed E-state index contributed by atoms with van der Waals surface area (Å²) < 4.78 is 20.3. The fraction of sp³-hybridized carbons (Fsp3) is 0.200. The maximum atomic E-state index is 14.4. The van der Waals surface area contributed by atoms with E-state index in [-0.39, 0.29) is 12.2 Å². The molecule has 0 bridgehead atoms. The minimum atomic E-state index is -0.753. The molecular formula is C40H34IN3O5S. The summed E-state index contributed by atoms with van der Waals surface area (Å²) in [7, 11) is 1.57. The summed E-state index contributed by atoms with van der Waals surface area (Å²) in [5.74, 6) is 0.896. The number of fused-ring (bicyclic) bond motifs is 1. The van der Waals surface area contributed by atoms with E-state index >= 15 is 0 Å². The first-order valence-electron chi connectivity index (χ1n) is 16.1. The molecule has 252 valence electrons. The molecule has 4 aromatic carbocycles. The number of hydrogen-bond acceptors (Lipinski definition) is 8. The highest BCUT2D eigenvalue weighted by atomic mass is 127. The van der Waals surface area contributed by atoms with Gasteiger partial charge >= 0.3 is 5.97 Å². The lowest BCUT2D eigenvalue weighted by Crippen LogP contribution is -2.40. The van der Waals surface area contributed by atoms with Crippen molar-refractivity contribution < 1.29 is 19.0 Å². The van der Waals surface area contributed by atoms with E-state index in [1.165, 1.54) is 11.3 Å². The molecule has 0 saturated heterocycles. The fourth-order valence-electron chi connectivity index (χ4n) is 5.76. The van der Waals surface area contributed by atoms with Gasteiger partial charge in [-0.1, -0.05) is 91.9 Å². The largest absolute Gasteiger partial charge is 0.493 e. The third-order valence-corrected chi connectivity index (χ3v) is 10.1. The van der Waals surface area contributed by atoms with E-state index < -0.39 is 12.0 Å². The zero-order chi connectivity index (χ0) is 35.4. The lowest BCUT2D eigenvalue weighted by molar-refractivity contribution is -0.138. The van der Waals surface area contributed by atoms with Crippen molar-refractivity contribution in [1.29, 1.82) is 5.26 Å². The number of halogens is 1. The molecule has 0 saturated carbocycles. The van der Waals surface area contributed by atoms with Crippen LogP contribution >= 0.6 is 33.9 Å². The molecule has 50 heavy (non-hydrogen) atoms. The Bertz CT molecular complexity index is 2300. The van der Waals surface area contributed by atoms with Crippen molar-refractivity contribution in [3.05, 3.63) is 153 Å². The number of esters is 1. The van der Waals surface area contributed by atoms with Crippen LogP contribution in [-0.4, -0.2) is 24.3 Å². The lowest BCUT2D eigenvalue weighted by Gasteiger charge is -2.26. The van der Waals surface area contributed by atoms with Crippen LogP contribution in [0.1, 0.15) is 66.1 Å². The van der Waals surface area contributed by atoms with Gasteiger partial charge < -0.3 is 14.2 Å². The number of nitriles is 1. The molecule has 0 radical (unpaired) electrons. The van der Waals surface area contributed by atoms with E-state index in [4.69, 9.17) is 24.5 Å². The summed E-state index contributed by atoms with van der Waals surface area (Å²) in [6, 6.07) is 29.9. The van der Waals surface area contributed by atoms with Crippen LogP contribution in [0.3, 0.4) is 0 Å². The Balaban J connectivity index is 1.47. The highest BCUT2D eigenvalue weighted by Crippen LogP contribution is 2.37. The van der Waals surface area contributed by atoms with E-state index in [1.54, 1.807) is 30.7 Å². The Hall–Kier alpha value is -4.99. The van der Waals surface area contributed by atoms with Crippen molar-refractivity contribution >= 4 is 51.7 Å². The Morgan fingerprint density at radius 1 is 1.06 bits per heavy atom. The van der Waals surface area contributed by atoms with Crippen LogP contribution in [0.4, 0.5) is 0 Å². The molecular weight excluding hydrogens is 761 g/mol. The summed E-state index contributed by atoms with van der Waals surface area (Å²) >= 11 is 3.46. The first-order chi connectivity index (χ1) is 24.2. The van der Waals surface area contributed by atoms with Crippen molar-refractivity contribution in [3.63, 3.8) is 0 Å². The van der Waals surface area contributed by atoms with Gasteiger partial charge in [-0.3, -0.25) is 9.36 Å². The first-order valence-corrected chi connectivity index (χ1v) is 18.0. The Labute approximate surface area is 307 Å². The van der Waals surface area contributed by atoms with Gasteiger partial charge in [-0.25, -0.2) is 9.79 Å². The van der Waals surface area contributed by atoms with Crippen LogP contribution in [0, 0.1) is 14.9 Å². The number of hydrogen-bond donors (Lipinski definition) is 0. The topological polar surface area (TPSA) is 103 Å². The monoisotopic (exact) mass is 795 g/mol. The highest BCUT2D eigenvalue weighted by Gasteiger charge is 2.35.